The molecule has 3 aromatic carbocycles. The molecule has 224 valence electrons. The molecule has 1 aliphatic heterocycles. The number of ether oxygens (including phenoxy) is 1. The molecule has 0 aliphatic carbocycles. The molecule has 5 rings (SSSR count). The fraction of sp³-hybridized carbons (Fsp3) is 0.375. The van der Waals surface area contributed by atoms with Crippen molar-refractivity contribution in [1.82, 2.24) is 14.4 Å². The Kier molecular flexibility index (Phi) is 9.44. The number of hydrogen-bond donors (Lipinski definition) is 2. The molecule has 6 nitrogen and oxygen atoms in total. The van der Waals surface area contributed by atoms with Gasteiger partial charge in [0.05, 0.1) is 0 Å². The molecule has 0 radical (unpaired) electrons. The average molecular weight is 600 g/mol. The summed E-state index contributed by atoms with van der Waals surface area (Å²) in [6, 6.07) is 17.1. The van der Waals surface area contributed by atoms with Crippen LogP contribution in [0.25, 0.3) is 22.0 Å². The number of benzene rings is 3. The highest BCUT2D eigenvalue weighted by Gasteiger charge is 2.31. The molecule has 0 amide bonds. The third-order valence-electron chi connectivity index (χ3n) is 7.91. The fourth-order valence-corrected chi connectivity index (χ4v) is 5.92. The third kappa shape index (κ3) is 7.10. The Morgan fingerprint density at radius 1 is 0.881 bits per heavy atom. The van der Waals surface area contributed by atoms with Crippen LogP contribution in [-0.2, 0) is 26.2 Å². The Labute approximate surface area is 249 Å². The lowest BCUT2D eigenvalue weighted by molar-refractivity contribution is -0.274. The standard InChI is InChI=1S/C32H37ClF3N5O/c1-22-4-2-5-24(31(22)33)20-40-14-12-39(13-15-40)19-23-6-9-30-28(16-23)29(21-41(30)11-3-10-37)27-8-7-26(17-25(27)18-38)42-32(34,35)36/h2,4-9,16-17,21H,3,10-15,18-20,37-38H2,1H3. The fourth-order valence-electron chi connectivity index (χ4n) is 5.74. The summed E-state index contributed by atoms with van der Waals surface area (Å²) in [5.74, 6) is -0.275. The van der Waals surface area contributed by atoms with Gasteiger partial charge >= 0.3 is 6.36 Å². The first-order valence-corrected chi connectivity index (χ1v) is 14.6. The van der Waals surface area contributed by atoms with Gasteiger partial charge in [-0.3, -0.25) is 9.80 Å². The molecule has 1 saturated heterocycles. The Balaban J connectivity index is 1.36. The molecule has 4 aromatic rings. The zero-order valence-corrected chi connectivity index (χ0v) is 24.5. The zero-order valence-electron chi connectivity index (χ0n) is 23.8. The van der Waals surface area contributed by atoms with Crippen molar-refractivity contribution in [1.29, 1.82) is 0 Å². The number of piperazine rings is 1. The van der Waals surface area contributed by atoms with Gasteiger partial charge in [-0.15, -0.1) is 13.2 Å². The highest BCUT2D eigenvalue weighted by molar-refractivity contribution is 6.32. The molecule has 1 aromatic heterocycles. The third-order valence-corrected chi connectivity index (χ3v) is 8.45. The van der Waals surface area contributed by atoms with E-state index in [0.717, 1.165) is 90.4 Å². The molecular weight excluding hydrogens is 563 g/mol. The molecule has 0 atom stereocenters. The largest absolute Gasteiger partial charge is 0.573 e. The molecule has 0 saturated carbocycles. The van der Waals surface area contributed by atoms with E-state index in [1.54, 1.807) is 6.07 Å². The summed E-state index contributed by atoms with van der Waals surface area (Å²) in [7, 11) is 0. The topological polar surface area (TPSA) is 72.7 Å². The molecule has 42 heavy (non-hydrogen) atoms. The predicted octanol–water partition coefficient (Wildman–Crippen LogP) is 6.29. The van der Waals surface area contributed by atoms with Crippen molar-refractivity contribution in [3.05, 3.63) is 88.1 Å². The van der Waals surface area contributed by atoms with Gasteiger partial charge in [-0.2, -0.15) is 0 Å². The lowest BCUT2D eigenvalue weighted by atomic mass is 9.98. The van der Waals surface area contributed by atoms with E-state index in [-0.39, 0.29) is 12.3 Å². The van der Waals surface area contributed by atoms with Crippen LogP contribution in [0.5, 0.6) is 5.75 Å². The van der Waals surface area contributed by atoms with Crippen molar-refractivity contribution in [2.24, 2.45) is 11.5 Å². The number of nitrogens with zero attached hydrogens (tertiary/aromatic N) is 3. The van der Waals surface area contributed by atoms with Gasteiger partial charge in [-0.25, -0.2) is 0 Å². The van der Waals surface area contributed by atoms with Gasteiger partial charge in [0.25, 0.3) is 0 Å². The van der Waals surface area contributed by atoms with Crippen molar-refractivity contribution >= 4 is 22.5 Å². The van der Waals surface area contributed by atoms with Crippen molar-refractivity contribution < 1.29 is 17.9 Å². The van der Waals surface area contributed by atoms with Crippen LogP contribution in [-0.4, -0.2) is 53.5 Å². The van der Waals surface area contributed by atoms with E-state index in [0.29, 0.717) is 12.1 Å². The van der Waals surface area contributed by atoms with Gasteiger partial charge in [0.15, 0.2) is 0 Å². The van der Waals surface area contributed by atoms with E-state index in [9.17, 15) is 13.2 Å². The van der Waals surface area contributed by atoms with E-state index in [4.69, 9.17) is 23.1 Å². The van der Waals surface area contributed by atoms with E-state index in [1.165, 1.54) is 17.7 Å². The molecule has 4 N–H and O–H groups in total. The number of fused-ring (bicyclic) bond motifs is 1. The maximum Gasteiger partial charge on any atom is 0.573 e. The van der Waals surface area contributed by atoms with Gasteiger partial charge in [0.1, 0.15) is 5.75 Å². The van der Waals surface area contributed by atoms with Gasteiger partial charge in [0, 0.05) is 80.0 Å². The van der Waals surface area contributed by atoms with Crippen LogP contribution in [0, 0.1) is 6.92 Å². The van der Waals surface area contributed by atoms with Crippen molar-refractivity contribution in [3.8, 4) is 16.9 Å². The number of alkyl halides is 3. The zero-order chi connectivity index (χ0) is 29.9. The number of aromatic nitrogens is 1. The minimum atomic E-state index is -4.76. The maximum absolute atomic E-state index is 12.8. The van der Waals surface area contributed by atoms with Crippen LogP contribution in [0.3, 0.4) is 0 Å². The number of aryl methyl sites for hydroxylation is 2. The van der Waals surface area contributed by atoms with Gasteiger partial charge < -0.3 is 20.8 Å². The van der Waals surface area contributed by atoms with Gasteiger partial charge in [0.2, 0.25) is 0 Å². The average Bonchev–Trinajstić information content (AvgIpc) is 3.32. The Morgan fingerprint density at radius 2 is 1.62 bits per heavy atom. The quantitative estimate of drug-likeness (QED) is 0.224. The first-order valence-electron chi connectivity index (χ1n) is 14.2. The second-order valence-corrected chi connectivity index (χ2v) is 11.3. The normalized spacial score (nSPS) is 15.0. The molecule has 0 spiro atoms. The van der Waals surface area contributed by atoms with Crippen molar-refractivity contribution in [3.63, 3.8) is 0 Å². The van der Waals surface area contributed by atoms with Gasteiger partial charge in [-0.05, 0) is 72.0 Å². The van der Waals surface area contributed by atoms with Crippen LogP contribution in [0.4, 0.5) is 13.2 Å². The second kappa shape index (κ2) is 13.1. The molecular formula is C32H37ClF3N5O. The lowest BCUT2D eigenvalue weighted by Gasteiger charge is -2.35. The van der Waals surface area contributed by atoms with E-state index in [2.05, 4.69) is 55.6 Å². The highest BCUT2D eigenvalue weighted by Crippen LogP contribution is 2.36. The number of hydrogen-bond acceptors (Lipinski definition) is 5. The summed E-state index contributed by atoms with van der Waals surface area (Å²) < 4.78 is 44.8. The summed E-state index contributed by atoms with van der Waals surface area (Å²) in [6.45, 7) is 8.89. The van der Waals surface area contributed by atoms with Crippen LogP contribution in [0.15, 0.2) is 60.8 Å². The SMILES string of the molecule is Cc1cccc(CN2CCN(Cc3ccc4c(c3)c(-c3ccc(OC(F)(F)F)cc3CN)cn4CCCN)CC2)c1Cl. The monoisotopic (exact) mass is 599 g/mol. The van der Waals surface area contributed by atoms with E-state index >= 15 is 0 Å². The van der Waals surface area contributed by atoms with E-state index < -0.39 is 6.36 Å². The summed E-state index contributed by atoms with van der Waals surface area (Å²) in [6.07, 6.45) is -1.90. The Hall–Kier alpha value is -3.08. The van der Waals surface area contributed by atoms with Crippen molar-refractivity contribution in [2.45, 2.75) is 45.9 Å². The number of rotatable bonds is 10. The molecule has 10 heteroatoms. The van der Waals surface area contributed by atoms with Crippen LogP contribution < -0.4 is 16.2 Å². The molecule has 1 fully saturated rings. The first-order chi connectivity index (χ1) is 20.1. The summed E-state index contributed by atoms with van der Waals surface area (Å²) in [5, 5.41) is 1.89. The van der Waals surface area contributed by atoms with E-state index in [1.807, 2.05) is 13.0 Å². The molecule has 0 unspecified atom stereocenters. The van der Waals surface area contributed by atoms with Crippen LogP contribution >= 0.6 is 11.6 Å². The van der Waals surface area contributed by atoms with Crippen molar-refractivity contribution in [2.75, 3.05) is 32.7 Å². The molecule has 2 heterocycles. The second-order valence-electron chi connectivity index (χ2n) is 10.9. The number of halogens is 4. The minimum absolute atomic E-state index is 0.0809. The van der Waals surface area contributed by atoms with Gasteiger partial charge in [-0.1, -0.05) is 41.9 Å². The molecule has 1 aliphatic rings. The Bertz CT molecular complexity index is 1530. The lowest BCUT2D eigenvalue weighted by Crippen LogP contribution is -2.45. The maximum atomic E-state index is 12.8. The molecule has 0 bridgehead atoms. The predicted molar refractivity (Wildman–Crippen MR) is 162 cm³/mol. The number of nitrogens with two attached hydrogens (primary N) is 2. The summed E-state index contributed by atoms with van der Waals surface area (Å²) in [5.41, 5.74) is 18.6. The smallest absolute Gasteiger partial charge is 0.406 e. The summed E-state index contributed by atoms with van der Waals surface area (Å²) in [4.78, 5) is 4.89. The summed E-state index contributed by atoms with van der Waals surface area (Å²) >= 11 is 6.53. The Morgan fingerprint density at radius 3 is 2.31 bits per heavy atom. The van der Waals surface area contributed by atoms with Crippen LogP contribution in [0.1, 0.15) is 28.7 Å². The minimum Gasteiger partial charge on any atom is -0.406 e. The highest BCUT2D eigenvalue weighted by atomic mass is 35.5. The first kappa shape index (κ1) is 30.4. The van der Waals surface area contributed by atoms with Crippen LogP contribution in [0.2, 0.25) is 5.02 Å².